The van der Waals surface area contributed by atoms with Gasteiger partial charge in [-0.1, -0.05) is 49.7 Å². The van der Waals surface area contributed by atoms with Gasteiger partial charge in [-0.2, -0.15) is 0 Å². The first kappa shape index (κ1) is 32.7. The summed E-state index contributed by atoms with van der Waals surface area (Å²) < 4.78 is 10.2. The molecule has 11 nitrogen and oxygen atoms in total. The van der Waals surface area contributed by atoms with Crippen LogP contribution in [-0.4, -0.2) is 66.5 Å². The fourth-order valence-electron chi connectivity index (χ4n) is 7.97. The van der Waals surface area contributed by atoms with Gasteiger partial charge < -0.3 is 14.6 Å². The highest BCUT2D eigenvalue weighted by atomic mass is 16.6. The molecular weight excluding hydrogens is 620 g/mol. The van der Waals surface area contributed by atoms with Gasteiger partial charge in [0, 0.05) is 37.3 Å². The van der Waals surface area contributed by atoms with Gasteiger partial charge in [-0.05, 0) is 97.2 Å². The summed E-state index contributed by atoms with van der Waals surface area (Å²) >= 11 is 0. The molecule has 5 atom stereocenters. The summed E-state index contributed by atoms with van der Waals surface area (Å²) in [6.07, 6.45) is 5.05. The van der Waals surface area contributed by atoms with E-state index in [0.717, 1.165) is 88.9 Å². The largest absolute Gasteiger partial charge is 0.497 e. The van der Waals surface area contributed by atoms with Crippen molar-refractivity contribution in [3.05, 3.63) is 95.7 Å². The van der Waals surface area contributed by atoms with Gasteiger partial charge in [-0.25, -0.2) is 20.4 Å². The zero-order valence-corrected chi connectivity index (χ0v) is 28.0. The van der Waals surface area contributed by atoms with Crippen LogP contribution in [0.2, 0.25) is 0 Å². The molecule has 6 heterocycles. The fraction of sp³-hybridized carbons (Fsp3) is 0.395. The number of para-hydroxylation sites is 2. The number of rotatable bonds is 6. The number of carbonyl (C=O) groups is 2. The van der Waals surface area contributed by atoms with Crippen molar-refractivity contribution in [1.82, 2.24) is 20.7 Å². The average Bonchev–Trinajstić information content (AvgIpc) is 3.74. The SMILES string of the molecule is CC[C@@H]1CN2CCC1C[C@@H]2[C@@H](O)c1ccnc2ccc(OC)cc12.O=C(NN1CCc2ccccc21)OC(=O)NN1CCc2ccccc21. The summed E-state index contributed by atoms with van der Waals surface area (Å²) in [7, 11) is 1.67. The molecule has 2 unspecified atom stereocenters. The number of hydrazine groups is 2. The molecule has 3 N–H and O–H groups in total. The molecule has 49 heavy (non-hydrogen) atoms. The monoisotopic (exact) mass is 664 g/mol. The van der Waals surface area contributed by atoms with Gasteiger partial charge in [-0.3, -0.25) is 19.9 Å². The number of pyridine rings is 1. The number of aliphatic hydroxyl groups excluding tert-OH is 1. The second-order valence-corrected chi connectivity index (χ2v) is 13.2. The molecule has 3 aromatic carbocycles. The van der Waals surface area contributed by atoms with E-state index in [9.17, 15) is 14.7 Å². The van der Waals surface area contributed by atoms with Gasteiger partial charge in [0.05, 0.1) is 30.1 Å². The summed E-state index contributed by atoms with van der Waals surface area (Å²) in [5, 5.41) is 15.6. The van der Waals surface area contributed by atoms with Crippen molar-refractivity contribution in [3.8, 4) is 5.75 Å². The van der Waals surface area contributed by atoms with Crippen LogP contribution in [0.1, 0.15) is 49.0 Å². The molecule has 0 spiro atoms. The maximum Gasteiger partial charge on any atom is 0.435 e. The number of benzene rings is 3. The number of aromatic nitrogens is 1. The molecule has 0 aliphatic carbocycles. The number of amides is 2. The normalized spacial score (nSPS) is 22.4. The summed E-state index contributed by atoms with van der Waals surface area (Å²) in [6, 6.07) is 23.7. The molecule has 256 valence electrons. The molecule has 5 aliphatic rings. The number of nitrogens with one attached hydrogen (secondary N) is 2. The van der Waals surface area contributed by atoms with E-state index in [2.05, 4.69) is 27.7 Å². The fourth-order valence-corrected chi connectivity index (χ4v) is 7.97. The quantitative estimate of drug-likeness (QED) is 0.221. The molecule has 9 rings (SSSR count). The number of fused-ring (bicyclic) bond motifs is 6. The number of piperidine rings is 3. The van der Waals surface area contributed by atoms with Crippen LogP contribution in [0.4, 0.5) is 21.0 Å². The van der Waals surface area contributed by atoms with E-state index in [-0.39, 0.29) is 6.04 Å². The number of carbonyl (C=O) groups excluding carboxylic acids is 2. The Morgan fingerprint density at radius 3 is 2.16 bits per heavy atom. The van der Waals surface area contributed by atoms with E-state index in [0.29, 0.717) is 13.1 Å². The van der Waals surface area contributed by atoms with Crippen LogP contribution < -0.4 is 25.6 Å². The van der Waals surface area contributed by atoms with E-state index < -0.39 is 18.3 Å². The zero-order valence-electron chi connectivity index (χ0n) is 28.0. The first-order valence-electron chi connectivity index (χ1n) is 17.3. The van der Waals surface area contributed by atoms with Crippen LogP contribution in [0.25, 0.3) is 10.9 Å². The lowest BCUT2D eigenvalue weighted by atomic mass is 9.72. The van der Waals surface area contributed by atoms with E-state index in [1.807, 2.05) is 72.8 Å². The van der Waals surface area contributed by atoms with Crippen molar-refractivity contribution in [2.45, 2.75) is 51.2 Å². The van der Waals surface area contributed by atoms with Crippen LogP contribution in [0.5, 0.6) is 5.75 Å². The molecule has 1 aromatic heterocycles. The molecular formula is C38H44N6O5. The van der Waals surface area contributed by atoms with Crippen LogP contribution in [0.3, 0.4) is 0 Å². The molecule has 4 aromatic rings. The minimum Gasteiger partial charge on any atom is -0.497 e. The Morgan fingerprint density at radius 1 is 0.918 bits per heavy atom. The van der Waals surface area contributed by atoms with E-state index >= 15 is 0 Å². The molecule has 2 amide bonds. The third-order valence-electron chi connectivity index (χ3n) is 10.5. The third-order valence-corrected chi connectivity index (χ3v) is 10.5. The number of hydrogen-bond donors (Lipinski definition) is 3. The number of methoxy groups -OCH3 is 1. The highest BCUT2D eigenvalue weighted by molar-refractivity contribution is 5.86. The first-order valence-corrected chi connectivity index (χ1v) is 17.3. The molecule has 5 aliphatic heterocycles. The first-order chi connectivity index (χ1) is 23.9. The minimum absolute atomic E-state index is 0.225. The Kier molecular flexibility index (Phi) is 9.54. The van der Waals surface area contributed by atoms with Crippen LogP contribution >= 0.6 is 0 Å². The van der Waals surface area contributed by atoms with Gasteiger partial charge in [0.25, 0.3) is 0 Å². The molecule has 0 saturated carbocycles. The molecule has 3 saturated heterocycles. The van der Waals surface area contributed by atoms with E-state index in [4.69, 9.17) is 9.47 Å². The molecule has 3 fully saturated rings. The maximum atomic E-state index is 12.0. The third kappa shape index (κ3) is 6.86. The van der Waals surface area contributed by atoms with Gasteiger partial charge >= 0.3 is 12.2 Å². The van der Waals surface area contributed by atoms with Crippen molar-refractivity contribution in [2.75, 3.05) is 43.3 Å². The van der Waals surface area contributed by atoms with Gasteiger partial charge in [0.15, 0.2) is 0 Å². The van der Waals surface area contributed by atoms with Gasteiger partial charge in [0.1, 0.15) is 5.75 Å². The second-order valence-electron chi connectivity index (χ2n) is 13.2. The maximum absolute atomic E-state index is 12.0. The zero-order chi connectivity index (χ0) is 33.9. The topological polar surface area (TPSA) is 119 Å². The molecule has 11 heteroatoms. The Morgan fingerprint density at radius 2 is 1.57 bits per heavy atom. The number of nitrogens with zero attached hydrogens (tertiary/aromatic N) is 4. The summed E-state index contributed by atoms with van der Waals surface area (Å²) in [5.41, 5.74) is 11.2. The average molecular weight is 665 g/mol. The van der Waals surface area contributed by atoms with Crippen LogP contribution in [0.15, 0.2) is 79.0 Å². The molecule has 0 radical (unpaired) electrons. The van der Waals surface area contributed by atoms with Crippen LogP contribution in [0, 0.1) is 11.8 Å². The number of hydrogen-bond acceptors (Lipinski definition) is 9. The number of anilines is 2. The highest BCUT2D eigenvalue weighted by Crippen LogP contribution is 2.43. The lowest BCUT2D eigenvalue weighted by Crippen LogP contribution is -2.55. The van der Waals surface area contributed by atoms with Crippen molar-refractivity contribution in [1.29, 1.82) is 0 Å². The second kappa shape index (κ2) is 14.3. The summed E-state index contributed by atoms with van der Waals surface area (Å²) in [5.74, 6) is 2.37. The van der Waals surface area contributed by atoms with Crippen molar-refractivity contribution < 1.29 is 24.2 Å². The van der Waals surface area contributed by atoms with Gasteiger partial charge in [0.2, 0.25) is 0 Å². The Labute approximate surface area is 286 Å². The van der Waals surface area contributed by atoms with Crippen molar-refractivity contribution in [2.24, 2.45) is 11.8 Å². The number of aliphatic hydroxyl groups is 1. The summed E-state index contributed by atoms with van der Waals surface area (Å²) in [4.78, 5) is 30.9. The number of ether oxygens (including phenoxy) is 2. The lowest BCUT2D eigenvalue weighted by molar-refractivity contribution is -0.0562. The van der Waals surface area contributed by atoms with E-state index in [1.165, 1.54) is 12.8 Å². The van der Waals surface area contributed by atoms with Crippen molar-refractivity contribution >= 4 is 34.5 Å². The standard InChI is InChI=1S/C20H26N2O2.C18H18N4O3/c1-3-13-12-22-9-7-14(13)10-19(22)20(23)16-6-8-21-18-5-4-15(24-2)11-17(16)18;23-17(19-21-11-9-13-5-1-3-7-15(13)21)25-18(24)20-22-12-10-14-6-2-4-8-16(14)22/h4-6,8,11,13-14,19-20,23H,3,7,9-10,12H2,1-2H3;1-8H,9-12H2,(H,19,23)(H,20,24)/t13-,14?,19-,20+;/m1./s1. The van der Waals surface area contributed by atoms with Crippen molar-refractivity contribution in [3.63, 3.8) is 0 Å². The van der Waals surface area contributed by atoms with Crippen LogP contribution in [-0.2, 0) is 17.6 Å². The Balaban J connectivity index is 0.000000154. The molecule has 2 bridgehead atoms. The minimum atomic E-state index is -0.804. The Bertz CT molecular complexity index is 1750. The summed E-state index contributed by atoms with van der Waals surface area (Å²) in [6.45, 7) is 5.84. The smallest absolute Gasteiger partial charge is 0.435 e. The predicted octanol–water partition coefficient (Wildman–Crippen LogP) is 5.77. The van der Waals surface area contributed by atoms with Gasteiger partial charge in [-0.15, -0.1) is 0 Å². The lowest BCUT2D eigenvalue weighted by Gasteiger charge is -2.51. The highest BCUT2D eigenvalue weighted by Gasteiger charge is 2.42. The predicted molar refractivity (Wildman–Crippen MR) is 188 cm³/mol. The van der Waals surface area contributed by atoms with E-state index in [1.54, 1.807) is 23.3 Å². The Hall–Kier alpha value is -4.87.